The number of rotatable bonds is 3. The second-order valence-electron chi connectivity index (χ2n) is 4.43. The van der Waals surface area contributed by atoms with Crippen molar-refractivity contribution in [2.45, 2.75) is 26.8 Å². The zero-order valence-corrected chi connectivity index (χ0v) is 8.99. The van der Waals surface area contributed by atoms with Gasteiger partial charge in [-0.15, -0.1) is 0 Å². The molecule has 0 amide bonds. The first kappa shape index (κ1) is 10.9. The highest BCUT2D eigenvalue weighted by molar-refractivity contribution is 5.22. The van der Waals surface area contributed by atoms with E-state index in [2.05, 4.69) is 36.1 Å². The molecule has 0 aliphatic rings. The van der Waals surface area contributed by atoms with E-state index in [4.69, 9.17) is 5.73 Å². The molecule has 0 aliphatic heterocycles. The van der Waals surface area contributed by atoms with Gasteiger partial charge in [-0.2, -0.15) is 0 Å². The van der Waals surface area contributed by atoms with E-state index in [0.717, 1.165) is 0 Å². The normalized spacial score (nSPS) is 13.7. The van der Waals surface area contributed by atoms with Crippen molar-refractivity contribution in [1.29, 1.82) is 0 Å². The van der Waals surface area contributed by atoms with Gasteiger partial charge in [-0.1, -0.05) is 20.8 Å². The molecule has 4 nitrogen and oxygen atoms in total. The van der Waals surface area contributed by atoms with Gasteiger partial charge in [0.05, 0.1) is 0 Å². The van der Waals surface area contributed by atoms with Crippen LogP contribution in [-0.4, -0.2) is 22.6 Å². The molecule has 1 heterocycles. The third kappa shape index (κ3) is 3.30. The molecule has 0 saturated heterocycles. The molecule has 1 rings (SSSR count). The molecule has 0 aliphatic carbocycles. The van der Waals surface area contributed by atoms with Crippen LogP contribution in [-0.2, 0) is 0 Å². The zero-order valence-electron chi connectivity index (χ0n) is 8.99. The number of hydrogen-bond donors (Lipinski definition) is 2. The van der Waals surface area contributed by atoms with Crippen LogP contribution in [0.5, 0.6) is 0 Å². The van der Waals surface area contributed by atoms with Crippen LogP contribution in [0.3, 0.4) is 0 Å². The lowest BCUT2D eigenvalue weighted by atomic mass is 9.87. The van der Waals surface area contributed by atoms with Crippen LogP contribution in [0.1, 0.15) is 20.8 Å². The molecule has 1 aromatic rings. The number of hydrogen-bond acceptors (Lipinski definition) is 4. The van der Waals surface area contributed by atoms with Crippen molar-refractivity contribution >= 4 is 5.95 Å². The SMILES string of the molecule is CC(C)(C)C(N)CNc1ncccn1. The lowest BCUT2D eigenvalue weighted by Gasteiger charge is -2.26. The number of nitrogens with two attached hydrogens (primary N) is 1. The molecule has 0 aromatic carbocycles. The average Bonchev–Trinajstić information content (AvgIpc) is 2.14. The minimum Gasteiger partial charge on any atom is -0.353 e. The van der Waals surface area contributed by atoms with Gasteiger partial charge in [0.15, 0.2) is 0 Å². The molecule has 1 aromatic heterocycles. The summed E-state index contributed by atoms with van der Waals surface area (Å²) in [6, 6.07) is 1.88. The summed E-state index contributed by atoms with van der Waals surface area (Å²) in [6.45, 7) is 7.04. The summed E-state index contributed by atoms with van der Waals surface area (Å²) in [6.07, 6.45) is 3.41. The molecule has 1 atom stereocenters. The summed E-state index contributed by atoms with van der Waals surface area (Å²) in [7, 11) is 0. The fourth-order valence-corrected chi connectivity index (χ4v) is 0.898. The predicted molar refractivity (Wildman–Crippen MR) is 58.0 cm³/mol. The topological polar surface area (TPSA) is 63.8 Å². The van der Waals surface area contributed by atoms with E-state index < -0.39 is 0 Å². The van der Waals surface area contributed by atoms with E-state index in [9.17, 15) is 0 Å². The maximum atomic E-state index is 5.98. The van der Waals surface area contributed by atoms with Crippen molar-refractivity contribution in [3.63, 3.8) is 0 Å². The van der Waals surface area contributed by atoms with Crippen molar-refractivity contribution in [2.75, 3.05) is 11.9 Å². The second-order valence-corrected chi connectivity index (χ2v) is 4.43. The Labute approximate surface area is 85.0 Å². The Morgan fingerprint density at radius 3 is 2.43 bits per heavy atom. The minimum atomic E-state index is 0.0892. The van der Waals surface area contributed by atoms with Crippen molar-refractivity contribution < 1.29 is 0 Å². The van der Waals surface area contributed by atoms with E-state index in [-0.39, 0.29) is 11.5 Å². The number of nitrogens with one attached hydrogen (secondary N) is 1. The minimum absolute atomic E-state index is 0.0892. The van der Waals surface area contributed by atoms with Gasteiger partial charge in [0.2, 0.25) is 5.95 Å². The number of nitrogens with zero attached hydrogens (tertiary/aromatic N) is 2. The first-order valence-electron chi connectivity index (χ1n) is 4.76. The van der Waals surface area contributed by atoms with Gasteiger partial charge in [-0.25, -0.2) is 9.97 Å². The van der Waals surface area contributed by atoms with E-state index in [0.29, 0.717) is 12.5 Å². The van der Waals surface area contributed by atoms with E-state index >= 15 is 0 Å². The Hall–Kier alpha value is -1.16. The summed E-state index contributed by atoms with van der Waals surface area (Å²) in [5.41, 5.74) is 6.08. The van der Waals surface area contributed by atoms with Gasteiger partial charge in [0.1, 0.15) is 0 Å². The Balaban J connectivity index is 2.42. The number of aromatic nitrogens is 2. The van der Waals surface area contributed by atoms with Crippen molar-refractivity contribution in [3.8, 4) is 0 Å². The Bertz CT molecular complexity index is 265. The summed E-state index contributed by atoms with van der Waals surface area (Å²) < 4.78 is 0. The lowest BCUT2D eigenvalue weighted by Crippen LogP contribution is -2.41. The fraction of sp³-hybridized carbons (Fsp3) is 0.600. The molecular weight excluding hydrogens is 176 g/mol. The van der Waals surface area contributed by atoms with Crippen molar-refractivity contribution in [3.05, 3.63) is 18.5 Å². The average molecular weight is 194 g/mol. The first-order valence-corrected chi connectivity index (χ1v) is 4.76. The highest BCUT2D eigenvalue weighted by Gasteiger charge is 2.20. The van der Waals surface area contributed by atoms with Crippen LogP contribution >= 0.6 is 0 Å². The van der Waals surface area contributed by atoms with Crippen LogP contribution in [0.2, 0.25) is 0 Å². The largest absolute Gasteiger partial charge is 0.353 e. The maximum absolute atomic E-state index is 5.98. The number of anilines is 1. The smallest absolute Gasteiger partial charge is 0.222 e. The van der Waals surface area contributed by atoms with Crippen LogP contribution in [0, 0.1) is 5.41 Å². The fourth-order valence-electron chi connectivity index (χ4n) is 0.898. The maximum Gasteiger partial charge on any atom is 0.222 e. The molecule has 0 fully saturated rings. The molecule has 0 spiro atoms. The molecule has 14 heavy (non-hydrogen) atoms. The van der Waals surface area contributed by atoms with Crippen LogP contribution in [0.15, 0.2) is 18.5 Å². The molecule has 0 bridgehead atoms. The Morgan fingerprint density at radius 1 is 1.36 bits per heavy atom. The summed E-state index contributed by atoms with van der Waals surface area (Å²) in [5.74, 6) is 0.632. The Kier molecular flexibility index (Phi) is 3.41. The molecule has 0 saturated carbocycles. The first-order chi connectivity index (χ1) is 6.50. The highest BCUT2D eigenvalue weighted by Crippen LogP contribution is 2.17. The van der Waals surface area contributed by atoms with Gasteiger partial charge < -0.3 is 11.1 Å². The molecule has 4 heteroatoms. The highest BCUT2D eigenvalue weighted by atomic mass is 15.1. The zero-order chi connectivity index (χ0) is 10.6. The van der Waals surface area contributed by atoms with Gasteiger partial charge in [-0.3, -0.25) is 0 Å². The monoisotopic (exact) mass is 194 g/mol. The van der Waals surface area contributed by atoms with E-state index in [1.807, 2.05) is 0 Å². The van der Waals surface area contributed by atoms with Crippen molar-refractivity contribution in [2.24, 2.45) is 11.1 Å². The van der Waals surface area contributed by atoms with E-state index in [1.54, 1.807) is 18.5 Å². The third-order valence-electron chi connectivity index (χ3n) is 2.16. The van der Waals surface area contributed by atoms with Crippen LogP contribution in [0.25, 0.3) is 0 Å². The summed E-state index contributed by atoms with van der Waals surface area (Å²) in [4.78, 5) is 8.11. The standard InChI is InChI=1S/C10H18N4/c1-10(2,3)8(11)7-14-9-12-5-4-6-13-9/h4-6,8H,7,11H2,1-3H3,(H,12,13,14). The summed E-state index contributed by atoms with van der Waals surface area (Å²) >= 11 is 0. The molecule has 78 valence electrons. The second kappa shape index (κ2) is 4.37. The molecule has 3 N–H and O–H groups in total. The van der Waals surface area contributed by atoms with Crippen molar-refractivity contribution in [1.82, 2.24) is 9.97 Å². The molecule has 0 radical (unpaired) electrons. The Morgan fingerprint density at radius 2 is 1.93 bits per heavy atom. The van der Waals surface area contributed by atoms with Gasteiger partial charge >= 0.3 is 0 Å². The van der Waals surface area contributed by atoms with Gasteiger partial charge in [-0.05, 0) is 11.5 Å². The molecule has 1 unspecified atom stereocenters. The lowest BCUT2D eigenvalue weighted by molar-refractivity contribution is 0.331. The summed E-state index contributed by atoms with van der Waals surface area (Å²) in [5, 5.41) is 3.10. The van der Waals surface area contributed by atoms with Crippen LogP contribution < -0.4 is 11.1 Å². The third-order valence-corrected chi connectivity index (χ3v) is 2.16. The van der Waals surface area contributed by atoms with Gasteiger partial charge in [0.25, 0.3) is 0 Å². The van der Waals surface area contributed by atoms with Gasteiger partial charge in [0, 0.05) is 25.0 Å². The van der Waals surface area contributed by atoms with Crippen LogP contribution in [0.4, 0.5) is 5.95 Å². The van der Waals surface area contributed by atoms with E-state index in [1.165, 1.54) is 0 Å². The quantitative estimate of drug-likeness (QED) is 0.760. The molecular formula is C10H18N4. The predicted octanol–water partition coefficient (Wildman–Crippen LogP) is 1.26.